The zero-order valence-electron chi connectivity index (χ0n) is 14.0. The molecule has 24 heavy (non-hydrogen) atoms. The molecule has 0 radical (unpaired) electrons. The Morgan fingerprint density at radius 2 is 2.00 bits per heavy atom. The molecule has 0 bridgehead atoms. The highest BCUT2D eigenvalue weighted by Crippen LogP contribution is 2.34. The quantitative estimate of drug-likeness (QED) is 0.872. The van der Waals surface area contributed by atoms with Crippen LogP contribution in [0.2, 0.25) is 0 Å². The molecule has 0 spiro atoms. The van der Waals surface area contributed by atoms with Crippen molar-refractivity contribution < 1.29 is 18.7 Å². The minimum absolute atomic E-state index is 0.0461. The van der Waals surface area contributed by atoms with Crippen LogP contribution >= 0.6 is 0 Å². The van der Waals surface area contributed by atoms with Crippen LogP contribution in [0.1, 0.15) is 25.3 Å². The highest BCUT2D eigenvalue weighted by molar-refractivity contribution is 5.82. The van der Waals surface area contributed by atoms with Crippen LogP contribution in [0.15, 0.2) is 24.3 Å². The number of hydrogen-bond acceptors (Lipinski definition) is 4. The van der Waals surface area contributed by atoms with Gasteiger partial charge in [-0.05, 0) is 37.5 Å². The van der Waals surface area contributed by atoms with Crippen molar-refractivity contribution in [3.63, 3.8) is 0 Å². The minimum atomic E-state index is -0.330. The lowest BCUT2D eigenvalue weighted by molar-refractivity contribution is -0.129. The van der Waals surface area contributed by atoms with Crippen LogP contribution in [0.4, 0.5) is 4.39 Å². The van der Waals surface area contributed by atoms with Gasteiger partial charge in [-0.2, -0.15) is 0 Å². The second-order valence-corrected chi connectivity index (χ2v) is 6.63. The average molecular weight is 336 g/mol. The number of morpholine rings is 1. The molecule has 3 rings (SSSR count). The molecule has 0 aliphatic carbocycles. The van der Waals surface area contributed by atoms with Crippen LogP contribution in [0, 0.1) is 5.82 Å². The number of carbonyl (C=O) groups excluding carboxylic acids is 1. The van der Waals surface area contributed by atoms with Crippen LogP contribution < -0.4 is 10.6 Å². The fraction of sp³-hybridized carbons (Fsp3) is 0.611. The number of carbonyl (C=O) groups is 1. The number of amides is 1. The number of rotatable bonds is 4. The van der Waals surface area contributed by atoms with Crippen LogP contribution in [0.5, 0.6) is 0 Å². The number of ether oxygens (including phenoxy) is 2. The van der Waals surface area contributed by atoms with Gasteiger partial charge < -0.3 is 20.1 Å². The summed E-state index contributed by atoms with van der Waals surface area (Å²) in [4.78, 5) is 12.5. The monoisotopic (exact) mass is 336 g/mol. The van der Waals surface area contributed by atoms with Gasteiger partial charge >= 0.3 is 0 Å². The standard InChI is InChI=1S/C18H25FN2O3/c1-13-16(20-8-11-24-13)17(22)21-12-18(6-9-23-10-7-18)14-2-4-15(19)5-3-14/h2-5,13,16,20H,6-12H2,1H3,(H,21,22)/t13-,16+/m1/s1. The Morgan fingerprint density at radius 3 is 2.67 bits per heavy atom. The van der Waals surface area contributed by atoms with Crippen LogP contribution in [-0.4, -0.2) is 51.0 Å². The first kappa shape index (κ1) is 17.3. The lowest BCUT2D eigenvalue weighted by atomic mass is 9.74. The van der Waals surface area contributed by atoms with Gasteiger partial charge in [-0.15, -0.1) is 0 Å². The summed E-state index contributed by atoms with van der Waals surface area (Å²) >= 11 is 0. The fourth-order valence-electron chi connectivity index (χ4n) is 3.53. The Labute approximate surface area is 141 Å². The predicted molar refractivity (Wildman–Crippen MR) is 88.3 cm³/mol. The maximum Gasteiger partial charge on any atom is 0.239 e. The molecule has 0 unspecified atom stereocenters. The van der Waals surface area contributed by atoms with Gasteiger partial charge in [-0.1, -0.05) is 12.1 Å². The van der Waals surface area contributed by atoms with Crippen molar-refractivity contribution in [3.05, 3.63) is 35.6 Å². The Balaban J connectivity index is 1.70. The minimum Gasteiger partial charge on any atom is -0.381 e. The molecule has 0 aromatic heterocycles. The van der Waals surface area contributed by atoms with Gasteiger partial charge in [0.05, 0.1) is 12.7 Å². The van der Waals surface area contributed by atoms with E-state index in [0.717, 1.165) is 18.4 Å². The summed E-state index contributed by atoms with van der Waals surface area (Å²) in [6, 6.07) is 6.26. The molecule has 1 aromatic rings. The first-order valence-corrected chi connectivity index (χ1v) is 8.57. The third kappa shape index (κ3) is 3.77. The van der Waals surface area contributed by atoms with Gasteiger partial charge in [0.2, 0.25) is 5.91 Å². The summed E-state index contributed by atoms with van der Waals surface area (Å²) in [5.74, 6) is -0.294. The molecule has 2 saturated heterocycles. The molecular weight excluding hydrogens is 311 g/mol. The summed E-state index contributed by atoms with van der Waals surface area (Å²) in [5.41, 5.74) is 0.841. The van der Waals surface area contributed by atoms with Gasteiger partial charge in [0.25, 0.3) is 0 Å². The topological polar surface area (TPSA) is 59.6 Å². The van der Waals surface area contributed by atoms with E-state index < -0.39 is 0 Å². The number of benzene rings is 1. The largest absolute Gasteiger partial charge is 0.381 e. The van der Waals surface area contributed by atoms with E-state index in [1.807, 2.05) is 19.1 Å². The molecular formula is C18H25FN2O3. The first-order valence-electron chi connectivity index (χ1n) is 8.57. The van der Waals surface area contributed by atoms with Crippen molar-refractivity contribution in [2.24, 2.45) is 0 Å². The fourth-order valence-corrected chi connectivity index (χ4v) is 3.53. The molecule has 1 amide bonds. The number of nitrogens with one attached hydrogen (secondary N) is 2. The van der Waals surface area contributed by atoms with E-state index in [1.165, 1.54) is 12.1 Å². The molecule has 2 fully saturated rings. The highest BCUT2D eigenvalue weighted by Gasteiger charge is 2.36. The second-order valence-electron chi connectivity index (χ2n) is 6.63. The highest BCUT2D eigenvalue weighted by atomic mass is 19.1. The number of halogens is 1. The molecule has 2 heterocycles. The van der Waals surface area contributed by atoms with Gasteiger partial charge in [-0.3, -0.25) is 4.79 Å². The molecule has 2 aliphatic heterocycles. The zero-order valence-corrected chi connectivity index (χ0v) is 14.0. The van der Waals surface area contributed by atoms with Crippen LogP contribution in [0.3, 0.4) is 0 Å². The van der Waals surface area contributed by atoms with E-state index in [0.29, 0.717) is 32.9 Å². The van der Waals surface area contributed by atoms with Crippen molar-refractivity contribution in [2.45, 2.75) is 37.3 Å². The van der Waals surface area contributed by atoms with Crippen molar-refractivity contribution in [1.82, 2.24) is 10.6 Å². The van der Waals surface area contributed by atoms with Crippen LogP contribution in [0.25, 0.3) is 0 Å². The lowest BCUT2D eigenvalue weighted by Gasteiger charge is -2.39. The van der Waals surface area contributed by atoms with E-state index >= 15 is 0 Å². The van der Waals surface area contributed by atoms with Gasteiger partial charge in [0, 0.05) is 31.7 Å². The average Bonchev–Trinajstić information content (AvgIpc) is 2.61. The Bertz CT molecular complexity index is 558. The summed E-state index contributed by atoms with van der Waals surface area (Å²) in [6.07, 6.45) is 1.47. The molecule has 2 N–H and O–H groups in total. The summed E-state index contributed by atoms with van der Waals surface area (Å²) in [7, 11) is 0. The van der Waals surface area contributed by atoms with Crippen molar-refractivity contribution in [2.75, 3.05) is 32.9 Å². The molecule has 5 nitrogen and oxygen atoms in total. The maximum atomic E-state index is 13.3. The maximum absolute atomic E-state index is 13.3. The van der Waals surface area contributed by atoms with Crippen LogP contribution in [-0.2, 0) is 19.7 Å². The van der Waals surface area contributed by atoms with E-state index in [9.17, 15) is 9.18 Å². The Morgan fingerprint density at radius 1 is 1.29 bits per heavy atom. The molecule has 1 aromatic carbocycles. The Hall–Kier alpha value is -1.50. The lowest BCUT2D eigenvalue weighted by Crippen LogP contribution is -2.57. The molecule has 6 heteroatoms. The first-order chi connectivity index (χ1) is 11.6. The second kappa shape index (κ2) is 7.59. The van der Waals surface area contributed by atoms with E-state index in [1.54, 1.807) is 0 Å². The summed E-state index contributed by atoms with van der Waals surface area (Å²) < 4.78 is 24.3. The normalized spacial score (nSPS) is 26.8. The molecule has 2 aliphatic rings. The van der Waals surface area contributed by atoms with Gasteiger partial charge in [0.1, 0.15) is 11.9 Å². The van der Waals surface area contributed by atoms with Gasteiger partial charge in [0.15, 0.2) is 0 Å². The van der Waals surface area contributed by atoms with Gasteiger partial charge in [-0.25, -0.2) is 4.39 Å². The van der Waals surface area contributed by atoms with E-state index in [2.05, 4.69) is 10.6 Å². The van der Waals surface area contributed by atoms with Crippen molar-refractivity contribution in [3.8, 4) is 0 Å². The predicted octanol–water partition coefficient (Wildman–Crippen LogP) is 1.37. The Kier molecular flexibility index (Phi) is 5.48. The molecule has 2 atom stereocenters. The number of hydrogen-bond donors (Lipinski definition) is 2. The molecule has 132 valence electrons. The smallest absolute Gasteiger partial charge is 0.239 e. The third-order valence-corrected chi connectivity index (χ3v) is 5.11. The molecule has 0 saturated carbocycles. The SMILES string of the molecule is C[C@H]1OCCN[C@@H]1C(=O)NCC1(c2ccc(F)cc2)CCOCC1. The summed E-state index contributed by atoms with van der Waals surface area (Å²) in [6.45, 7) is 5.02. The zero-order chi connectivity index (χ0) is 17.0. The van der Waals surface area contributed by atoms with Crippen molar-refractivity contribution >= 4 is 5.91 Å². The summed E-state index contributed by atoms with van der Waals surface area (Å²) in [5, 5.41) is 6.28. The third-order valence-electron chi connectivity index (χ3n) is 5.11. The van der Waals surface area contributed by atoms with E-state index in [-0.39, 0.29) is 29.3 Å². The van der Waals surface area contributed by atoms with E-state index in [4.69, 9.17) is 9.47 Å². The van der Waals surface area contributed by atoms with Crippen molar-refractivity contribution in [1.29, 1.82) is 0 Å².